The molecule has 2 N–H and O–H groups in total. The zero-order valence-corrected chi connectivity index (χ0v) is 9.87. The zero-order chi connectivity index (χ0) is 10.1. The number of hydrogen-bond acceptors (Lipinski definition) is 3. The summed E-state index contributed by atoms with van der Waals surface area (Å²) in [5, 5.41) is 2.66. The number of sulfonamides is 1. The summed E-state index contributed by atoms with van der Waals surface area (Å²) >= 11 is 8.91. The Kier molecular flexibility index (Phi) is 3.06. The highest BCUT2D eigenvalue weighted by Crippen LogP contribution is 2.26. The lowest BCUT2D eigenvalue weighted by Gasteiger charge is -2.20. The van der Waals surface area contributed by atoms with Crippen LogP contribution in [0.1, 0.15) is 0 Å². The predicted octanol–water partition coefficient (Wildman–Crippen LogP) is 0.824. The van der Waals surface area contributed by atoms with Gasteiger partial charge in [-0.05, 0) is 35.1 Å². The molecule has 4 nitrogen and oxygen atoms in total. The smallest absolute Gasteiger partial charge is 0.241 e. The van der Waals surface area contributed by atoms with E-state index in [9.17, 15) is 8.42 Å². The third-order valence-electron chi connectivity index (χ3n) is 1.44. The van der Waals surface area contributed by atoms with Crippen LogP contribution in [0.15, 0.2) is 23.3 Å². The van der Waals surface area contributed by atoms with Crippen LogP contribution in [0.2, 0.25) is 0 Å². The van der Waals surface area contributed by atoms with Crippen LogP contribution >= 0.6 is 27.5 Å². The summed E-state index contributed by atoms with van der Waals surface area (Å²) in [5.74, 6) is 0. The van der Waals surface area contributed by atoms with Crippen molar-refractivity contribution >= 4 is 37.6 Å². The number of halogens is 2. The van der Waals surface area contributed by atoms with Gasteiger partial charge in [-0.2, -0.15) is 0 Å². The molecule has 0 fully saturated rings. The molecule has 0 amide bonds. The van der Waals surface area contributed by atoms with Gasteiger partial charge in [0.15, 0.2) is 3.91 Å². The first-order chi connectivity index (χ1) is 5.87. The van der Waals surface area contributed by atoms with Crippen molar-refractivity contribution in [1.82, 2.24) is 10.0 Å². The Balaban J connectivity index is 2.92. The second-order valence-corrected chi connectivity index (χ2v) is 6.55. The highest BCUT2D eigenvalue weighted by atomic mass is 79.9. The average Bonchev–Trinajstić information content (AvgIpc) is 2.04. The van der Waals surface area contributed by atoms with E-state index in [1.54, 1.807) is 0 Å². The lowest BCUT2D eigenvalue weighted by atomic mass is 10.4. The van der Waals surface area contributed by atoms with Gasteiger partial charge in [0.05, 0.1) is 4.91 Å². The van der Waals surface area contributed by atoms with Gasteiger partial charge < -0.3 is 5.32 Å². The van der Waals surface area contributed by atoms with Crippen LogP contribution in [0.3, 0.4) is 0 Å². The van der Waals surface area contributed by atoms with Crippen LogP contribution in [0.25, 0.3) is 0 Å². The van der Waals surface area contributed by atoms with E-state index in [1.165, 1.54) is 25.4 Å². The molecule has 0 spiro atoms. The molecule has 0 bridgehead atoms. The maximum atomic E-state index is 11.2. The second kappa shape index (κ2) is 3.61. The van der Waals surface area contributed by atoms with Gasteiger partial charge in [0.25, 0.3) is 0 Å². The van der Waals surface area contributed by atoms with Gasteiger partial charge in [-0.25, -0.2) is 13.1 Å². The summed E-state index contributed by atoms with van der Waals surface area (Å²) in [4.78, 5) is 0.144. The Morgan fingerprint density at radius 2 is 2.31 bits per heavy atom. The summed E-state index contributed by atoms with van der Waals surface area (Å²) in [7, 11) is -2.04. The summed E-state index contributed by atoms with van der Waals surface area (Å²) < 4.78 is 23.8. The molecule has 1 rings (SSSR count). The molecule has 1 aliphatic heterocycles. The Labute approximate surface area is 90.2 Å². The second-order valence-electron chi connectivity index (χ2n) is 2.35. The molecule has 74 valence electrons. The van der Waals surface area contributed by atoms with Gasteiger partial charge in [0.1, 0.15) is 0 Å². The van der Waals surface area contributed by atoms with Gasteiger partial charge in [-0.15, -0.1) is 0 Å². The van der Waals surface area contributed by atoms with Crippen LogP contribution in [-0.2, 0) is 10.0 Å². The molecule has 0 radical (unpaired) electrons. The lowest BCUT2D eigenvalue weighted by Crippen LogP contribution is -2.32. The number of allylic oxidation sites excluding steroid dienone is 1. The summed E-state index contributed by atoms with van der Waals surface area (Å²) in [6.45, 7) is 0. The molecule has 0 aliphatic carbocycles. The first-order valence-corrected chi connectivity index (χ1v) is 6.01. The zero-order valence-electron chi connectivity index (χ0n) is 6.71. The monoisotopic (exact) mass is 286 g/mol. The number of rotatable bonds is 2. The van der Waals surface area contributed by atoms with Gasteiger partial charge in [-0.3, -0.25) is 0 Å². The molecule has 13 heavy (non-hydrogen) atoms. The quantitative estimate of drug-likeness (QED) is 0.584. The summed E-state index contributed by atoms with van der Waals surface area (Å²) in [6, 6.07) is 0. The van der Waals surface area contributed by atoms with E-state index in [2.05, 4.69) is 26.0 Å². The van der Waals surface area contributed by atoms with Crippen molar-refractivity contribution in [3.05, 3.63) is 23.3 Å². The van der Waals surface area contributed by atoms with Crippen molar-refractivity contribution in [1.29, 1.82) is 0 Å². The molecule has 1 atom stereocenters. The molecule has 0 aromatic heterocycles. The standard InChI is InChI=1S/C6H8BrClN2O2S/c1-9-13(11,12)5-2-3-6(7,8)10-4-5/h2-4,9-10H,1H3. The van der Waals surface area contributed by atoms with Crippen molar-refractivity contribution in [3.63, 3.8) is 0 Å². The van der Waals surface area contributed by atoms with Crippen molar-refractivity contribution < 1.29 is 8.42 Å². The molecule has 1 aliphatic rings. The predicted molar refractivity (Wildman–Crippen MR) is 55.8 cm³/mol. The third kappa shape index (κ3) is 2.70. The molecule has 1 heterocycles. The van der Waals surface area contributed by atoms with Crippen molar-refractivity contribution in [2.24, 2.45) is 0 Å². The van der Waals surface area contributed by atoms with Gasteiger partial charge in [0.2, 0.25) is 10.0 Å². The Bertz CT molecular complexity index is 361. The summed E-state index contributed by atoms with van der Waals surface area (Å²) in [5.41, 5.74) is 0. The third-order valence-corrected chi connectivity index (χ3v) is 3.58. The molecule has 0 saturated carbocycles. The number of alkyl halides is 2. The number of nitrogens with one attached hydrogen (secondary N) is 2. The molecule has 1 unspecified atom stereocenters. The minimum Gasteiger partial charge on any atom is -0.360 e. The van der Waals surface area contributed by atoms with E-state index in [0.29, 0.717) is 0 Å². The van der Waals surface area contributed by atoms with E-state index >= 15 is 0 Å². The topological polar surface area (TPSA) is 58.2 Å². The highest BCUT2D eigenvalue weighted by Gasteiger charge is 2.24. The molecular weight excluding hydrogens is 280 g/mol. The van der Waals surface area contributed by atoms with E-state index in [0.717, 1.165) is 0 Å². The SMILES string of the molecule is CNS(=O)(=O)C1=CNC(Cl)(Br)C=C1. The van der Waals surface area contributed by atoms with E-state index in [-0.39, 0.29) is 4.91 Å². The fraction of sp³-hybridized carbons (Fsp3) is 0.333. The van der Waals surface area contributed by atoms with E-state index in [1.807, 2.05) is 0 Å². The maximum Gasteiger partial charge on any atom is 0.241 e. The van der Waals surface area contributed by atoms with Crippen molar-refractivity contribution in [2.75, 3.05) is 7.05 Å². The first-order valence-electron chi connectivity index (χ1n) is 3.36. The molecule has 0 aromatic carbocycles. The number of hydrogen-bond donors (Lipinski definition) is 2. The van der Waals surface area contributed by atoms with Crippen molar-refractivity contribution in [3.8, 4) is 0 Å². The van der Waals surface area contributed by atoms with Crippen LogP contribution in [0, 0.1) is 0 Å². The highest BCUT2D eigenvalue weighted by molar-refractivity contribution is 9.10. The molecule has 0 aromatic rings. The Morgan fingerprint density at radius 1 is 1.69 bits per heavy atom. The fourth-order valence-electron chi connectivity index (χ4n) is 0.735. The van der Waals surface area contributed by atoms with Crippen LogP contribution in [-0.4, -0.2) is 19.4 Å². The number of dihydropyridines is 1. The lowest BCUT2D eigenvalue weighted by molar-refractivity contribution is 0.594. The van der Waals surface area contributed by atoms with Crippen LogP contribution in [0.5, 0.6) is 0 Å². The van der Waals surface area contributed by atoms with E-state index in [4.69, 9.17) is 11.6 Å². The minimum atomic E-state index is -3.39. The average molecular weight is 288 g/mol. The molecular formula is C6H8BrClN2O2S. The first kappa shape index (κ1) is 11.0. The summed E-state index contributed by atoms with van der Waals surface area (Å²) in [6.07, 6.45) is 4.25. The molecule has 0 saturated heterocycles. The Morgan fingerprint density at radius 3 is 2.69 bits per heavy atom. The fourth-order valence-corrected chi connectivity index (χ4v) is 1.80. The van der Waals surface area contributed by atoms with Crippen molar-refractivity contribution in [2.45, 2.75) is 3.91 Å². The molecule has 7 heteroatoms. The largest absolute Gasteiger partial charge is 0.360 e. The maximum absolute atomic E-state index is 11.2. The van der Waals surface area contributed by atoms with Crippen LogP contribution < -0.4 is 10.0 Å². The van der Waals surface area contributed by atoms with Crippen LogP contribution in [0.4, 0.5) is 0 Å². The van der Waals surface area contributed by atoms with Gasteiger partial charge in [0, 0.05) is 6.20 Å². The van der Waals surface area contributed by atoms with Gasteiger partial charge >= 0.3 is 0 Å². The Hall–Kier alpha value is -0.0400. The van der Waals surface area contributed by atoms with E-state index < -0.39 is 13.9 Å². The van der Waals surface area contributed by atoms with Gasteiger partial charge in [-0.1, -0.05) is 11.6 Å². The normalized spacial score (nSPS) is 28.1. The minimum absolute atomic E-state index is 0.144.